The molecule has 0 spiro atoms. The van der Waals surface area contributed by atoms with Crippen LogP contribution in [0, 0.1) is 0 Å². The van der Waals surface area contributed by atoms with Crippen LogP contribution in [0.3, 0.4) is 0 Å². The van der Waals surface area contributed by atoms with E-state index in [0.717, 1.165) is 5.56 Å². The maximum absolute atomic E-state index is 11.5. The molecule has 0 radical (unpaired) electrons. The Kier molecular flexibility index (Phi) is 4.73. The summed E-state index contributed by atoms with van der Waals surface area (Å²) in [6.07, 6.45) is 0.272. The van der Waals surface area contributed by atoms with Gasteiger partial charge in [-0.3, -0.25) is 0 Å². The van der Waals surface area contributed by atoms with E-state index in [1.807, 2.05) is 25.1 Å². The lowest BCUT2D eigenvalue weighted by atomic mass is 10.2. The predicted molar refractivity (Wildman–Crippen MR) is 77.9 cm³/mol. The van der Waals surface area contributed by atoms with E-state index < -0.39 is 9.84 Å². The Hall–Kier alpha value is -0.750. The number of ether oxygens (including phenoxy) is 2. The SMILES string of the molecule is CCOc1cccc(CBr)c1OC1CCS(=O)(=O)C1. The molecule has 106 valence electrons. The van der Waals surface area contributed by atoms with E-state index in [1.54, 1.807) is 0 Å². The Morgan fingerprint density at radius 2 is 2.21 bits per heavy atom. The predicted octanol–water partition coefficient (Wildman–Crippen LogP) is 2.55. The van der Waals surface area contributed by atoms with Crippen LogP contribution in [0.4, 0.5) is 0 Å². The number of hydrogen-bond donors (Lipinski definition) is 0. The zero-order valence-corrected chi connectivity index (χ0v) is 13.2. The fraction of sp³-hybridized carbons (Fsp3) is 0.538. The van der Waals surface area contributed by atoms with Crippen LogP contribution in [0.15, 0.2) is 18.2 Å². The Balaban J connectivity index is 2.23. The lowest BCUT2D eigenvalue weighted by Crippen LogP contribution is -2.19. The first kappa shape index (κ1) is 14.7. The molecule has 19 heavy (non-hydrogen) atoms. The molecule has 6 heteroatoms. The van der Waals surface area contributed by atoms with Crippen molar-refractivity contribution < 1.29 is 17.9 Å². The van der Waals surface area contributed by atoms with E-state index in [1.165, 1.54) is 0 Å². The van der Waals surface area contributed by atoms with Crippen LogP contribution in [0.2, 0.25) is 0 Å². The molecule has 0 bridgehead atoms. The Morgan fingerprint density at radius 1 is 1.42 bits per heavy atom. The second-order valence-corrected chi connectivity index (χ2v) is 7.24. The number of alkyl halides is 1. The normalized spacial score (nSPS) is 21.3. The number of halogens is 1. The zero-order valence-electron chi connectivity index (χ0n) is 10.8. The molecular weight excluding hydrogens is 332 g/mol. The van der Waals surface area contributed by atoms with Crippen LogP contribution in [0.25, 0.3) is 0 Å². The van der Waals surface area contributed by atoms with Gasteiger partial charge in [-0.1, -0.05) is 28.1 Å². The first-order valence-corrected chi connectivity index (χ1v) is 9.17. The topological polar surface area (TPSA) is 52.6 Å². The fourth-order valence-electron chi connectivity index (χ4n) is 2.09. The summed E-state index contributed by atoms with van der Waals surface area (Å²) in [4.78, 5) is 0. The highest BCUT2D eigenvalue weighted by Gasteiger charge is 2.30. The molecule has 1 aliphatic heterocycles. The second kappa shape index (κ2) is 6.13. The summed E-state index contributed by atoms with van der Waals surface area (Å²) < 4.78 is 34.4. The molecule has 1 aromatic rings. The van der Waals surface area contributed by atoms with Crippen molar-refractivity contribution in [2.75, 3.05) is 18.1 Å². The molecule has 1 unspecified atom stereocenters. The van der Waals surface area contributed by atoms with Crippen LogP contribution in [0.5, 0.6) is 11.5 Å². The molecule has 0 saturated carbocycles. The highest BCUT2D eigenvalue weighted by Crippen LogP contribution is 2.34. The van der Waals surface area contributed by atoms with Gasteiger partial charge in [0.25, 0.3) is 0 Å². The lowest BCUT2D eigenvalue weighted by molar-refractivity contribution is 0.211. The molecule has 1 heterocycles. The second-order valence-electron chi connectivity index (χ2n) is 4.45. The average Bonchev–Trinajstić information content (AvgIpc) is 2.71. The monoisotopic (exact) mass is 348 g/mol. The van der Waals surface area contributed by atoms with Crippen molar-refractivity contribution in [2.45, 2.75) is 24.8 Å². The molecule has 1 aliphatic rings. The molecule has 2 rings (SSSR count). The van der Waals surface area contributed by atoms with E-state index in [0.29, 0.717) is 29.9 Å². The van der Waals surface area contributed by atoms with Gasteiger partial charge < -0.3 is 9.47 Å². The largest absolute Gasteiger partial charge is 0.490 e. The number of benzene rings is 1. The maximum atomic E-state index is 11.5. The minimum atomic E-state index is -2.94. The van der Waals surface area contributed by atoms with Gasteiger partial charge in [-0.15, -0.1) is 0 Å². The molecule has 1 saturated heterocycles. The summed E-state index contributed by atoms with van der Waals surface area (Å²) in [5.41, 5.74) is 0.968. The standard InChI is InChI=1S/C13H17BrO4S/c1-2-17-12-5-3-4-10(8-14)13(12)18-11-6-7-19(15,16)9-11/h3-5,11H,2,6-9H2,1H3. The minimum Gasteiger partial charge on any atom is -0.490 e. The molecule has 4 nitrogen and oxygen atoms in total. The quantitative estimate of drug-likeness (QED) is 0.767. The highest BCUT2D eigenvalue weighted by molar-refractivity contribution is 9.08. The lowest BCUT2D eigenvalue weighted by Gasteiger charge is -2.18. The summed E-state index contributed by atoms with van der Waals surface area (Å²) in [7, 11) is -2.94. The van der Waals surface area contributed by atoms with Gasteiger partial charge in [0, 0.05) is 10.9 Å². The molecule has 0 amide bonds. The molecule has 0 N–H and O–H groups in total. The van der Waals surface area contributed by atoms with Crippen molar-refractivity contribution in [1.29, 1.82) is 0 Å². The van der Waals surface area contributed by atoms with E-state index in [2.05, 4.69) is 15.9 Å². The number of sulfone groups is 1. The summed E-state index contributed by atoms with van der Waals surface area (Å²) in [6.45, 7) is 2.45. The van der Waals surface area contributed by atoms with Crippen LogP contribution in [0.1, 0.15) is 18.9 Å². The van der Waals surface area contributed by atoms with Crippen molar-refractivity contribution in [3.8, 4) is 11.5 Å². The van der Waals surface area contributed by atoms with Crippen molar-refractivity contribution in [1.82, 2.24) is 0 Å². The van der Waals surface area contributed by atoms with Crippen molar-refractivity contribution in [2.24, 2.45) is 0 Å². The van der Waals surface area contributed by atoms with Crippen molar-refractivity contribution in [3.63, 3.8) is 0 Å². The molecule has 0 aromatic heterocycles. The van der Waals surface area contributed by atoms with Gasteiger partial charge in [0.15, 0.2) is 21.3 Å². The van der Waals surface area contributed by atoms with Gasteiger partial charge in [-0.2, -0.15) is 0 Å². The minimum absolute atomic E-state index is 0.0924. The molecule has 1 atom stereocenters. The molecular formula is C13H17BrO4S. The first-order valence-electron chi connectivity index (χ1n) is 6.23. The van der Waals surface area contributed by atoms with Crippen LogP contribution in [-0.4, -0.2) is 32.6 Å². The number of hydrogen-bond acceptors (Lipinski definition) is 4. The van der Waals surface area contributed by atoms with Crippen LogP contribution >= 0.6 is 15.9 Å². The van der Waals surface area contributed by atoms with Crippen LogP contribution < -0.4 is 9.47 Å². The third kappa shape index (κ3) is 3.63. The van der Waals surface area contributed by atoms with Crippen LogP contribution in [-0.2, 0) is 15.2 Å². The molecule has 0 aliphatic carbocycles. The van der Waals surface area contributed by atoms with E-state index in [4.69, 9.17) is 9.47 Å². The van der Waals surface area contributed by atoms with E-state index >= 15 is 0 Å². The van der Waals surface area contributed by atoms with Crippen molar-refractivity contribution >= 4 is 25.8 Å². The van der Waals surface area contributed by atoms with E-state index in [-0.39, 0.29) is 17.6 Å². The zero-order chi connectivity index (χ0) is 13.9. The molecule has 1 aromatic carbocycles. The Labute approximate surface area is 122 Å². The van der Waals surface area contributed by atoms with Gasteiger partial charge in [-0.25, -0.2) is 8.42 Å². The Morgan fingerprint density at radius 3 is 2.79 bits per heavy atom. The van der Waals surface area contributed by atoms with Crippen molar-refractivity contribution in [3.05, 3.63) is 23.8 Å². The summed E-state index contributed by atoms with van der Waals surface area (Å²) >= 11 is 3.41. The first-order chi connectivity index (χ1) is 9.05. The Bertz CT molecular complexity index is 542. The maximum Gasteiger partial charge on any atom is 0.165 e. The van der Waals surface area contributed by atoms with Gasteiger partial charge in [0.05, 0.1) is 18.1 Å². The van der Waals surface area contributed by atoms with Gasteiger partial charge >= 0.3 is 0 Å². The number of para-hydroxylation sites is 1. The summed E-state index contributed by atoms with van der Waals surface area (Å²) in [5.74, 6) is 1.62. The number of rotatable bonds is 5. The van der Waals surface area contributed by atoms with Gasteiger partial charge in [-0.05, 0) is 19.4 Å². The highest BCUT2D eigenvalue weighted by atomic mass is 79.9. The summed E-state index contributed by atoms with van der Waals surface area (Å²) in [5, 5.41) is 0.642. The molecule has 1 fully saturated rings. The summed E-state index contributed by atoms with van der Waals surface area (Å²) in [6, 6.07) is 5.68. The average molecular weight is 349 g/mol. The third-order valence-corrected chi connectivity index (χ3v) is 5.32. The van der Waals surface area contributed by atoms with Gasteiger partial charge in [0.2, 0.25) is 0 Å². The van der Waals surface area contributed by atoms with E-state index in [9.17, 15) is 8.42 Å². The third-order valence-electron chi connectivity index (χ3n) is 2.98. The fourth-order valence-corrected chi connectivity index (χ4v) is 4.12. The smallest absolute Gasteiger partial charge is 0.165 e. The van der Waals surface area contributed by atoms with Gasteiger partial charge in [0.1, 0.15) is 6.10 Å².